The van der Waals surface area contributed by atoms with Crippen LogP contribution in [-0.2, 0) is 12.8 Å². The number of hydrogen-bond donors (Lipinski definition) is 1. The summed E-state index contributed by atoms with van der Waals surface area (Å²) in [4.78, 5) is 4.45. The molecule has 0 spiro atoms. The summed E-state index contributed by atoms with van der Waals surface area (Å²) in [5.74, 6) is 0. The van der Waals surface area contributed by atoms with Crippen molar-refractivity contribution in [1.82, 2.24) is 4.98 Å². The van der Waals surface area contributed by atoms with Crippen LogP contribution in [0.4, 0.5) is 5.69 Å². The van der Waals surface area contributed by atoms with E-state index in [2.05, 4.69) is 4.98 Å². The van der Waals surface area contributed by atoms with Gasteiger partial charge in [-0.15, -0.1) is 0 Å². The van der Waals surface area contributed by atoms with E-state index in [1.807, 2.05) is 0 Å². The third-order valence-electron chi connectivity index (χ3n) is 2.95. The second-order valence-corrected chi connectivity index (χ2v) is 3.88. The molecule has 0 unspecified atom stereocenters. The molecule has 0 aliphatic heterocycles. The third kappa shape index (κ3) is 1.29. The van der Waals surface area contributed by atoms with Crippen molar-refractivity contribution >= 4 is 16.6 Å². The lowest BCUT2D eigenvalue weighted by Crippen LogP contribution is -2.09. The van der Waals surface area contributed by atoms with Crippen LogP contribution in [0.2, 0.25) is 0 Å². The van der Waals surface area contributed by atoms with Crippen molar-refractivity contribution in [3.8, 4) is 0 Å². The van der Waals surface area contributed by atoms with Gasteiger partial charge in [-0.1, -0.05) is 18.1 Å². The Kier molecular flexibility index (Phi) is 1.18. The Balaban J connectivity index is 2.49. The van der Waals surface area contributed by atoms with Gasteiger partial charge in [0, 0.05) is 16.8 Å². The maximum Gasteiger partial charge on any atom is 0.0726 e. The van der Waals surface area contributed by atoms with E-state index in [1.54, 1.807) is 0 Å². The standard InChI is InChI=1S/C13H14N2/c14-13-9-5-1-3-7-11(9)15-12-8-4-2-6-10(12)13/h1,3,5,7H,2,4,6,8H2,(H2,14,15)/i1D,3D,5D,7D. The number of nitrogens with zero attached hydrogens (tertiary/aromatic N) is 1. The van der Waals surface area contributed by atoms with Crippen LogP contribution in [0, 0.1) is 0 Å². The predicted octanol–water partition coefficient (Wildman–Crippen LogP) is 2.70. The smallest absolute Gasteiger partial charge is 0.0726 e. The quantitative estimate of drug-likeness (QED) is 0.713. The van der Waals surface area contributed by atoms with Crippen LogP contribution in [-0.4, -0.2) is 4.98 Å². The van der Waals surface area contributed by atoms with Gasteiger partial charge in [-0.2, -0.15) is 0 Å². The van der Waals surface area contributed by atoms with E-state index in [9.17, 15) is 0 Å². The minimum absolute atomic E-state index is 0.0885. The number of fused-ring (bicyclic) bond motifs is 2. The Morgan fingerprint density at radius 3 is 2.93 bits per heavy atom. The van der Waals surface area contributed by atoms with Crippen molar-refractivity contribution in [2.45, 2.75) is 25.7 Å². The number of nitrogen functional groups attached to an aromatic ring is 1. The van der Waals surface area contributed by atoms with Crippen molar-refractivity contribution in [2.75, 3.05) is 5.73 Å². The van der Waals surface area contributed by atoms with E-state index >= 15 is 0 Å². The number of hydrogen-bond acceptors (Lipinski definition) is 2. The molecule has 0 bridgehead atoms. The number of aromatic nitrogens is 1. The fraction of sp³-hybridized carbons (Fsp3) is 0.308. The molecule has 0 atom stereocenters. The van der Waals surface area contributed by atoms with Crippen LogP contribution in [0.15, 0.2) is 24.2 Å². The molecule has 1 aliphatic carbocycles. The van der Waals surface area contributed by atoms with E-state index in [4.69, 9.17) is 11.2 Å². The highest BCUT2D eigenvalue weighted by atomic mass is 14.7. The fourth-order valence-corrected chi connectivity index (χ4v) is 2.17. The molecule has 3 rings (SSSR count). The molecule has 2 aromatic rings. The summed E-state index contributed by atoms with van der Waals surface area (Å²) in [5.41, 5.74) is 8.77. The first-order valence-corrected chi connectivity index (χ1v) is 5.19. The van der Waals surface area contributed by atoms with Gasteiger partial charge in [0.1, 0.15) is 0 Å². The first-order chi connectivity index (χ1) is 9.02. The highest BCUT2D eigenvalue weighted by molar-refractivity contribution is 5.92. The topological polar surface area (TPSA) is 38.9 Å². The van der Waals surface area contributed by atoms with Gasteiger partial charge in [0.2, 0.25) is 0 Å². The van der Waals surface area contributed by atoms with E-state index in [1.165, 1.54) is 0 Å². The van der Waals surface area contributed by atoms with Crippen LogP contribution >= 0.6 is 0 Å². The molecular formula is C13H14N2. The molecule has 1 heterocycles. The van der Waals surface area contributed by atoms with Gasteiger partial charge in [0.25, 0.3) is 0 Å². The summed E-state index contributed by atoms with van der Waals surface area (Å²) >= 11 is 0. The van der Waals surface area contributed by atoms with Gasteiger partial charge in [0.05, 0.1) is 11.0 Å². The Morgan fingerprint density at radius 2 is 2.00 bits per heavy atom. The Bertz CT molecular complexity index is 697. The number of aryl methyl sites for hydroxylation is 1. The zero-order chi connectivity index (χ0) is 13.7. The molecule has 1 aromatic carbocycles. The van der Waals surface area contributed by atoms with Crippen molar-refractivity contribution in [1.29, 1.82) is 0 Å². The van der Waals surface area contributed by atoms with E-state index in [0.717, 1.165) is 36.9 Å². The van der Waals surface area contributed by atoms with E-state index in [-0.39, 0.29) is 24.2 Å². The van der Waals surface area contributed by atoms with Crippen molar-refractivity contribution < 1.29 is 5.48 Å². The molecule has 2 N–H and O–H groups in total. The molecule has 1 aliphatic rings. The number of rotatable bonds is 0. The molecule has 0 radical (unpaired) electrons. The predicted molar refractivity (Wildman–Crippen MR) is 62.8 cm³/mol. The number of pyridine rings is 1. The first-order valence-electron chi connectivity index (χ1n) is 7.19. The van der Waals surface area contributed by atoms with E-state index in [0.29, 0.717) is 16.6 Å². The zero-order valence-corrected chi connectivity index (χ0v) is 8.35. The van der Waals surface area contributed by atoms with Crippen LogP contribution in [0.25, 0.3) is 10.9 Å². The summed E-state index contributed by atoms with van der Waals surface area (Å²) in [7, 11) is 0. The summed E-state index contributed by atoms with van der Waals surface area (Å²) in [5, 5.41) is 0.367. The summed E-state index contributed by atoms with van der Waals surface area (Å²) in [6.07, 6.45) is 3.77. The molecule has 15 heavy (non-hydrogen) atoms. The first kappa shape index (κ1) is 5.50. The molecule has 2 nitrogen and oxygen atoms in total. The summed E-state index contributed by atoms with van der Waals surface area (Å²) in [6, 6.07) is -0.688. The van der Waals surface area contributed by atoms with Crippen LogP contribution < -0.4 is 5.73 Å². The van der Waals surface area contributed by atoms with Crippen molar-refractivity contribution in [2.24, 2.45) is 0 Å². The monoisotopic (exact) mass is 202 g/mol. The maximum atomic E-state index is 7.97. The average Bonchev–Trinajstić information content (AvgIpc) is 2.43. The van der Waals surface area contributed by atoms with Gasteiger partial charge < -0.3 is 5.73 Å². The minimum Gasteiger partial charge on any atom is -0.398 e. The molecule has 76 valence electrons. The Labute approximate surface area is 94.7 Å². The van der Waals surface area contributed by atoms with Crippen molar-refractivity contribution in [3.05, 3.63) is 35.4 Å². The maximum absolute atomic E-state index is 7.97. The number of benzene rings is 1. The largest absolute Gasteiger partial charge is 0.398 e. The molecule has 2 heteroatoms. The van der Waals surface area contributed by atoms with Crippen LogP contribution in [0.5, 0.6) is 0 Å². The molecule has 0 fully saturated rings. The third-order valence-corrected chi connectivity index (χ3v) is 2.95. The van der Waals surface area contributed by atoms with Crippen molar-refractivity contribution in [3.63, 3.8) is 0 Å². The van der Waals surface area contributed by atoms with Crippen LogP contribution in [0.3, 0.4) is 0 Å². The molecule has 1 aromatic heterocycles. The number of para-hydroxylation sites is 1. The summed E-state index contributed by atoms with van der Waals surface area (Å²) < 4.78 is 31.3. The number of anilines is 1. The molecular weight excluding hydrogens is 184 g/mol. The lowest BCUT2D eigenvalue weighted by molar-refractivity contribution is 0.673. The van der Waals surface area contributed by atoms with Gasteiger partial charge in [-0.3, -0.25) is 4.98 Å². The normalized spacial score (nSPS) is 18.9. The van der Waals surface area contributed by atoms with Crippen LogP contribution in [0.1, 0.15) is 29.6 Å². The lowest BCUT2D eigenvalue weighted by Gasteiger charge is -2.18. The van der Waals surface area contributed by atoms with Gasteiger partial charge >= 0.3 is 0 Å². The molecule has 0 saturated heterocycles. The lowest BCUT2D eigenvalue weighted by atomic mass is 9.93. The SMILES string of the molecule is [2H]c1c([2H])c([2H])c2c(N)c3c(nc2c1[2H])CCCC3. The second-order valence-electron chi connectivity index (χ2n) is 3.88. The number of nitrogens with two attached hydrogens (primary N) is 1. The molecule has 0 saturated carbocycles. The minimum atomic E-state index is -0.250. The van der Waals surface area contributed by atoms with Gasteiger partial charge in [0.15, 0.2) is 0 Å². The Morgan fingerprint density at radius 1 is 1.20 bits per heavy atom. The molecule has 0 amide bonds. The second kappa shape index (κ2) is 3.23. The Hall–Kier alpha value is -1.57. The van der Waals surface area contributed by atoms with E-state index < -0.39 is 0 Å². The summed E-state index contributed by atoms with van der Waals surface area (Å²) in [6.45, 7) is 0. The highest BCUT2D eigenvalue weighted by Crippen LogP contribution is 2.30. The average molecular weight is 202 g/mol. The van der Waals surface area contributed by atoms with Gasteiger partial charge in [-0.25, -0.2) is 0 Å². The van der Waals surface area contributed by atoms with Gasteiger partial charge in [-0.05, 0) is 37.3 Å². The fourth-order valence-electron chi connectivity index (χ4n) is 2.17. The highest BCUT2D eigenvalue weighted by Gasteiger charge is 2.15. The zero-order valence-electron chi connectivity index (χ0n) is 12.4.